The number of nitrogens with one attached hydrogen (secondary N) is 2. The predicted molar refractivity (Wildman–Crippen MR) is 77.2 cm³/mol. The molecule has 1 aromatic rings. The molecule has 1 aromatic heterocycles. The highest BCUT2D eigenvalue weighted by molar-refractivity contribution is 5.93. The monoisotopic (exact) mass is 334 g/mol. The highest BCUT2D eigenvalue weighted by Gasteiger charge is 2.02. The minimum Gasteiger partial charge on any atom is -1.00 e. The van der Waals surface area contributed by atoms with Crippen LogP contribution in [0.25, 0.3) is 0 Å². The summed E-state index contributed by atoms with van der Waals surface area (Å²) in [4.78, 5) is 17.8. The van der Waals surface area contributed by atoms with Gasteiger partial charge in [-0.3, -0.25) is 9.78 Å². The van der Waals surface area contributed by atoms with Crippen LogP contribution in [0.5, 0.6) is 0 Å². The SMILES string of the molecule is CN(C)CCCNCCCNC(=O)c1cccnc1.[Cl-].[Cl-]. The standard InChI is InChI=1S/C14H24N4O.2ClH/c1-18(2)11-5-9-15-8-4-10-17-14(19)13-6-3-7-16-12-13;;/h3,6-7,12,15H,4-5,8-11H2,1-2H3,(H,17,19);2*1H/p-2. The van der Waals surface area contributed by atoms with Gasteiger partial charge in [-0.1, -0.05) is 0 Å². The van der Waals surface area contributed by atoms with Crippen LogP contribution in [0.4, 0.5) is 0 Å². The average molecular weight is 335 g/mol. The first kappa shape index (κ1) is 22.4. The zero-order valence-electron chi connectivity index (χ0n) is 12.6. The van der Waals surface area contributed by atoms with E-state index in [-0.39, 0.29) is 30.7 Å². The Hall–Kier alpha value is -0.880. The molecule has 0 aromatic carbocycles. The molecule has 2 N–H and O–H groups in total. The van der Waals surface area contributed by atoms with Crippen molar-refractivity contribution >= 4 is 5.91 Å². The van der Waals surface area contributed by atoms with Crippen molar-refractivity contribution in [1.82, 2.24) is 20.5 Å². The van der Waals surface area contributed by atoms with Gasteiger partial charge in [0.2, 0.25) is 0 Å². The van der Waals surface area contributed by atoms with E-state index in [9.17, 15) is 4.79 Å². The smallest absolute Gasteiger partial charge is 0.252 e. The molecule has 0 saturated carbocycles. The van der Waals surface area contributed by atoms with Crippen LogP contribution in [0.3, 0.4) is 0 Å². The Morgan fingerprint density at radius 3 is 2.52 bits per heavy atom. The lowest BCUT2D eigenvalue weighted by Crippen LogP contribution is -3.00. The van der Waals surface area contributed by atoms with Gasteiger partial charge in [0.15, 0.2) is 0 Å². The van der Waals surface area contributed by atoms with E-state index in [2.05, 4.69) is 34.6 Å². The number of carbonyl (C=O) groups excluding carboxylic acids is 1. The van der Waals surface area contributed by atoms with Gasteiger partial charge in [-0.05, 0) is 58.7 Å². The van der Waals surface area contributed by atoms with Gasteiger partial charge in [0, 0.05) is 18.9 Å². The van der Waals surface area contributed by atoms with E-state index in [0.717, 1.165) is 32.5 Å². The fourth-order valence-electron chi connectivity index (χ4n) is 1.66. The number of nitrogens with zero attached hydrogens (tertiary/aromatic N) is 2. The first-order chi connectivity index (χ1) is 9.20. The molecule has 122 valence electrons. The molecule has 0 aliphatic rings. The molecule has 5 nitrogen and oxygen atoms in total. The fraction of sp³-hybridized carbons (Fsp3) is 0.571. The van der Waals surface area contributed by atoms with Crippen LogP contribution in [0.2, 0.25) is 0 Å². The molecule has 1 amide bonds. The highest BCUT2D eigenvalue weighted by atomic mass is 35.5. The Kier molecular flexibility index (Phi) is 15.0. The van der Waals surface area contributed by atoms with Gasteiger partial charge in [-0.2, -0.15) is 0 Å². The number of pyridine rings is 1. The van der Waals surface area contributed by atoms with Crippen LogP contribution >= 0.6 is 0 Å². The molecule has 7 heteroatoms. The van der Waals surface area contributed by atoms with Gasteiger partial charge >= 0.3 is 0 Å². The molecule has 0 aliphatic carbocycles. The van der Waals surface area contributed by atoms with Gasteiger partial charge in [0.25, 0.3) is 5.91 Å². The van der Waals surface area contributed by atoms with Crippen LogP contribution in [-0.2, 0) is 0 Å². The van der Waals surface area contributed by atoms with Crippen molar-refractivity contribution in [3.63, 3.8) is 0 Å². The minimum absolute atomic E-state index is 0. The Morgan fingerprint density at radius 1 is 1.19 bits per heavy atom. The molecule has 0 saturated heterocycles. The number of hydrogen-bond donors (Lipinski definition) is 2. The molecule has 0 atom stereocenters. The van der Waals surface area contributed by atoms with E-state index < -0.39 is 0 Å². The zero-order chi connectivity index (χ0) is 13.9. The third kappa shape index (κ3) is 11.5. The maximum atomic E-state index is 11.7. The second kappa shape index (κ2) is 14.1. The minimum atomic E-state index is -0.0549. The molecule has 0 fully saturated rings. The molecule has 1 rings (SSSR count). The largest absolute Gasteiger partial charge is 1.00 e. The fourth-order valence-corrected chi connectivity index (χ4v) is 1.66. The number of halogens is 2. The summed E-state index contributed by atoms with van der Waals surface area (Å²) in [5, 5.41) is 6.24. The predicted octanol–water partition coefficient (Wildman–Crippen LogP) is -5.25. The lowest BCUT2D eigenvalue weighted by atomic mass is 10.2. The Bertz CT molecular complexity index is 363. The molecule has 0 spiro atoms. The number of carbonyl (C=O) groups is 1. The second-order valence-electron chi connectivity index (χ2n) is 4.76. The number of amides is 1. The Labute approximate surface area is 139 Å². The van der Waals surface area contributed by atoms with Crippen molar-refractivity contribution in [1.29, 1.82) is 0 Å². The first-order valence-electron chi connectivity index (χ1n) is 6.74. The molecule has 0 aliphatic heterocycles. The van der Waals surface area contributed by atoms with Crippen molar-refractivity contribution in [3.8, 4) is 0 Å². The van der Waals surface area contributed by atoms with Crippen molar-refractivity contribution in [2.75, 3.05) is 40.3 Å². The summed E-state index contributed by atoms with van der Waals surface area (Å²) in [6.07, 6.45) is 5.33. The number of aromatic nitrogens is 1. The lowest BCUT2D eigenvalue weighted by Gasteiger charge is -2.10. The summed E-state index contributed by atoms with van der Waals surface area (Å²) in [6, 6.07) is 3.53. The summed E-state index contributed by atoms with van der Waals surface area (Å²) in [5.74, 6) is -0.0549. The van der Waals surface area contributed by atoms with E-state index in [0.29, 0.717) is 12.1 Å². The van der Waals surface area contributed by atoms with Crippen LogP contribution in [0.15, 0.2) is 24.5 Å². The molecule has 0 unspecified atom stereocenters. The van der Waals surface area contributed by atoms with E-state index >= 15 is 0 Å². The Balaban J connectivity index is 0. The number of hydrogen-bond acceptors (Lipinski definition) is 4. The number of rotatable bonds is 9. The van der Waals surface area contributed by atoms with Gasteiger partial charge in [-0.25, -0.2) is 0 Å². The van der Waals surface area contributed by atoms with Crippen LogP contribution in [0.1, 0.15) is 23.2 Å². The van der Waals surface area contributed by atoms with Crippen LogP contribution in [0, 0.1) is 0 Å². The van der Waals surface area contributed by atoms with Gasteiger partial charge < -0.3 is 40.3 Å². The van der Waals surface area contributed by atoms with Crippen LogP contribution in [-0.4, -0.2) is 56.1 Å². The van der Waals surface area contributed by atoms with Crippen molar-refractivity contribution in [2.24, 2.45) is 0 Å². The van der Waals surface area contributed by atoms with E-state index in [1.807, 2.05) is 0 Å². The molecular formula is C14H24Cl2N4O-2. The summed E-state index contributed by atoms with van der Waals surface area (Å²) >= 11 is 0. The van der Waals surface area contributed by atoms with Gasteiger partial charge in [-0.15, -0.1) is 0 Å². The summed E-state index contributed by atoms with van der Waals surface area (Å²) in [5.41, 5.74) is 0.612. The molecule has 0 radical (unpaired) electrons. The van der Waals surface area contributed by atoms with Gasteiger partial charge in [0.05, 0.1) is 5.56 Å². The summed E-state index contributed by atoms with van der Waals surface area (Å²) in [7, 11) is 4.15. The molecule has 1 heterocycles. The molecule has 21 heavy (non-hydrogen) atoms. The summed E-state index contributed by atoms with van der Waals surface area (Å²) in [6.45, 7) is 3.74. The maximum absolute atomic E-state index is 11.7. The lowest BCUT2D eigenvalue weighted by molar-refractivity contribution is -0.001000. The van der Waals surface area contributed by atoms with Gasteiger partial charge in [0.1, 0.15) is 0 Å². The third-order valence-electron chi connectivity index (χ3n) is 2.70. The van der Waals surface area contributed by atoms with Crippen molar-refractivity contribution in [2.45, 2.75) is 12.8 Å². The first-order valence-corrected chi connectivity index (χ1v) is 6.74. The van der Waals surface area contributed by atoms with E-state index in [1.54, 1.807) is 24.5 Å². The van der Waals surface area contributed by atoms with Crippen molar-refractivity contribution < 1.29 is 29.6 Å². The maximum Gasteiger partial charge on any atom is 0.252 e. The topological polar surface area (TPSA) is 57.3 Å². The Morgan fingerprint density at radius 2 is 1.90 bits per heavy atom. The van der Waals surface area contributed by atoms with E-state index in [1.165, 1.54) is 0 Å². The van der Waals surface area contributed by atoms with Crippen molar-refractivity contribution in [3.05, 3.63) is 30.1 Å². The normalized spacial score (nSPS) is 9.67. The quantitative estimate of drug-likeness (QED) is 0.443. The van der Waals surface area contributed by atoms with Crippen LogP contribution < -0.4 is 35.4 Å². The third-order valence-corrected chi connectivity index (χ3v) is 2.70. The highest BCUT2D eigenvalue weighted by Crippen LogP contribution is 1.94. The summed E-state index contributed by atoms with van der Waals surface area (Å²) < 4.78 is 0. The molecule has 0 bridgehead atoms. The zero-order valence-corrected chi connectivity index (χ0v) is 14.1. The average Bonchev–Trinajstić information content (AvgIpc) is 2.42. The van der Waals surface area contributed by atoms with E-state index in [4.69, 9.17) is 0 Å². The second-order valence-corrected chi connectivity index (χ2v) is 4.76. The molecular weight excluding hydrogens is 311 g/mol.